The van der Waals surface area contributed by atoms with Crippen LogP contribution in [0.1, 0.15) is 50.4 Å². The van der Waals surface area contributed by atoms with Gasteiger partial charge in [0.25, 0.3) is 5.56 Å². The third-order valence-corrected chi connectivity index (χ3v) is 5.90. The van der Waals surface area contributed by atoms with Crippen molar-refractivity contribution in [1.82, 2.24) is 19.9 Å². The molecule has 1 saturated heterocycles. The molecule has 1 N–H and O–H groups in total. The van der Waals surface area contributed by atoms with Gasteiger partial charge >= 0.3 is 0 Å². The summed E-state index contributed by atoms with van der Waals surface area (Å²) in [5.41, 5.74) is 0.980. The lowest BCUT2D eigenvalue weighted by Crippen LogP contribution is -2.39. The molecule has 2 fully saturated rings. The van der Waals surface area contributed by atoms with Gasteiger partial charge in [-0.25, -0.2) is 4.98 Å². The van der Waals surface area contributed by atoms with Crippen LogP contribution >= 0.6 is 0 Å². The maximum Gasteiger partial charge on any atom is 0.251 e. The highest BCUT2D eigenvalue weighted by Gasteiger charge is 2.37. The van der Waals surface area contributed by atoms with Gasteiger partial charge in [0.05, 0.1) is 23.5 Å². The first kappa shape index (κ1) is 18.8. The molecule has 4 rings (SSSR count). The largest absolute Gasteiger partial charge is 0.381 e. The van der Waals surface area contributed by atoms with E-state index in [1.54, 1.807) is 13.3 Å². The van der Waals surface area contributed by atoms with Crippen molar-refractivity contribution in [1.29, 1.82) is 0 Å². The Bertz CT molecular complexity index is 875. The van der Waals surface area contributed by atoms with Crippen molar-refractivity contribution in [3.05, 3.63) is 46.6 Å². The van der Waals surface area contributed by atoms with Gasteiger partial charge in [-0.15, -0.1) is 0 Å². The van der Waals surface area contributed by atoms with E-state index in [-0.39, 0.29) is 29.5 Å². The minimum Gasteiger partial charge on any atom is -0.381 e. The van der Waals surface area contributed by atoms with Gasteiger partial charge in [0.15, 0.2) is 0 Å². The Kier molecular flexibility index (Phi) is 5.52. The topological polar surface area (TPSA) is 88.2 Å². The molecule has 7 nitrogen and oxygen atoms in total. The Hall–Kier alpha value is -2.54. The van der Waals surface area contributed by atoms with Crippen LogP contribution in [-0.4, -0.2) is 45.5 Å². The van der Waals surface area contributed by atoms with E-state index in [2.05, 4.69) is 15.0 Å². The van der Waals surface area contributed by atoms with Crippen molar-refractivity contribution >= 4 is 5.91 Å². The van der Waals surface area contributed by atoms with Crippen molar-refractivity contribution in [2.45, 2.75) is 50.7 Å². The molecule has 7 heteroatoms. The van der Waals surface area contributed by atoms with E-state index in [1.165, 1.54) is 6.07 Å². The van der Waals surface area contributed by atoms with Crippen molar-refractivity contribution in [3.8, 4) is 11.4 Å². The molecule has 148 valence electrons. The maximum atomic E-state index is 13.2. The summed E-state index contributed by atoms with van der Waals surface area (Å²) in [7, 11) is 1.74. The number of likely N-dealkylation sites (tertiary alicyclic amines) is 1. The number of rotatable bonds is 4. The predicted octanol–water partition coefficient (Wildman–Crippen LogP) is 2.70. The molecular formula is C21H26N4O3. The quantitative estimate of drug-likeness (QED) is 0.878. The number of hydrogen-bond donors (Lipinski definition) is 1. The van der Waals surface area contributed by atoms with Crippen LogP contribution in [0.4, 0.5) is 0 Å². The first-order valence-corrected chi connectivity index (χ1v) is 10.0. The number of aromatic nitrogens is 3. The normalized spacial score (nSPS) is 25.0. The van der Waals surface area contributed by atoms with Gasteiger partial charge in [-0.05, 0) is 50.7 Å². The molecule has 0 bridgehead atoms. The minimum absolute atomic E-state index is 0.0395. The number of aromatic amines is 1. The monoisotopic (exact) mass is 382 g/mol. The lowest BCUT2D eigenvalue weighted by Gasteiger charge is -2.32. The number of nitrogens with one attached hydrogen (secondary N) is 1. The molecule has 1 amide bonds. The van der Waals surface area contributed by atoms with Crippen LogP contribution in [0.25, 0.3) is 11.4 Å². The second kappa shape index (κ2) is 8.22. The zero-order valence-corrected chi connectivity index (χ0v) is 16.1. The molecule has 2 aromatic rings. The number of hydrogen-bond acceptors (Lipinski definition) is 5. The summed E-state index contributed by atoms with van der Waals surface area (Å²) in [6, 6.07) is 6.81. The van der Waals surface area contributed by atoms with Crippen molar-refractivity contribution in [2.24, 2.45) is 5.92 Å². The zero-order chi connectivity index (χ0) is 19.5. The zero-order valence-electron chi connectivity index (χ0n) is 16.1. The van der Waals surface area contributed by atoms with E-state index in [1.807, 2.05) is 23.1 Å². The highest BCUT2D eigenvalue weighted by Crippen LogP contribution is 2.35. The summed E-state index contributed by atoms with van der Waals surface area (Å²) in [6.45, 7) is 0.714. The SMILES string of the molecule is COC1CCC(C(=O)N2CCC[C@H]2c2nc(-c3ccccn3)cc(=O)[nH]2)CC1. The Labute approximate surface area is 164 Å². The lowest BCUT2D eigenvalue weighted by atomic mass is 9.86. The average Bonchev–Trinajstić information content (AvgIpc) is 3.23. The Morgan fingerprint density at radius 1 is 1.18 bits per heavy atom. The molecule has 0 unspecified atom stereocenters. The third kappa shape index (κ3) is 3.85. The van der Waals surface area contributed by atoms with Gasteiger partial charge in [-0.1, -0.05) is 6.07 Å². The number of carbonyl (C=O) groups excluding carboxylic acids is 1. The van der Waals surface area contributed by atoms with Gasteiger partial charge in [0.1, 0.15) is 5.82 Å². The third-order valence-electron chi connectivity index (χ3n) is 5.90. The molecule has 1 aliphatic heterocycles. The molecule has 0 radical (unpaired) electrons. The Morgan fingerprint density at radius 3 is 2.71 bits per heavy atom. The molecular weight excluding hydrogens is 356 g/mol. The molecule has 28 heavy (non-hydrogen) atoms. The van der Waals surface area contributed by atoms with Crippen molar-refractivity contribution < 1.29 is 9.53 Å². The molecule has 1 atom stereocenters. The molecule has 0 spiro atoms. The molecule has 3 heterocycles. The molecule has 0 aromatic carbocycles. The van der Waals surface area contributed by atoms with Crippen LogP contribution in [0.3, 0.4) is 0 Å². The van der Waals surface area contributed by atoms with E-state index in [0.717, 1.165) is 38.5 Å². The summed E-state index contributed by atoms with van der Waals surface area (Å²) in [6.07, 6.45) is 7.25. The van der Waals surface area contributed by atoms with E-state index < -0.39 is 0 Å². The van der Waals surface area contributed by atoms with Gasteiger partial charge in [-0.2, -0.15) is 0 Å². The van der Waals surface area contributed by atoms with E-state index in [9.17, 15) is 9.59 Å². The van der Waals surface area contributed by atoms with Crippen LogP contribution < -0.4 is 5.56 Å². The summed E-state index contributed by atoms with van der Waals surface area (Å²) in [5.74, 6) is 0.783. The average molecular weight is 382 g/mol. The van der Waals surface area contributed by atoms with E-state index in [4.69, 9.17) is 4.74 Å². The number of nitrogens with zero attached hydrogens (tertiary/aromatic N) is 3. The molecule has 2 aliphatic rings. The maximum absolute atomic E-state index is 13.2. The van der Waals surface area contributed by atoms with Gasteiger partial charge in [0, 0.05) is 31.8 Å². The molecule has 1 aliphatic carbocycles. The molecule has 1 saturated carbocycles. The fourth-order valence-corrected chi connectivity index (χ4v) is 4.37. The van der Waals surface area contributed by atoms with E-state index >= 15 is 0 Å². The van der Waals surface area contributed by atoms with Crippen molar-refractivity contribution in [3.63, 3.8) is 0 Å². The smallest absolute Gasteiger partial charge is 0.251 e. The van der Waals surface area contributed by atoms with Gasteiger partial charge in [0.2, 0.25) is 5.91 Å². The predicted molar refractivity (Wildman–Crippen MR) is 105 cm³/mol. The summed E-state index contributed by atoms with van der Waals surface area (Å²) in [4.78, 5) is 39.1. The fourth-order valence-electron chi connectivity index (χ4n) is 4.37. The van der Waals surface area contributed by atoms with Crippen molar-refractivity contribution in [2.75, 3.05) is 13.7 Å². The first-order chi connectivity index (χ1) is 13.7. The number of amides is 1. The number of pyridine rings is 1. The highest BCUT2D eigenvalue weighted by atomic mass is 16.5. The van der Waals surface area contributed by atoms with Crippen LogP contribution in [0, 0.1) is 5.92 Å². The summed E-state index contributed by atoms with van der Waals surface area (Å²) < 4.78 is 5.42. The second-order valence-corrected chi connectivity index (χ2v) is 7.63. The van der Waals surface area contributed by atoms with Crippen LogP contribution in [0.5, 0.6) is 0 Å². The number of methoxy groups -OCH3 is 1. The van der Waals surface area contributed by atoms with Gasteiger partial charge < -0.3 is 14.6 Å². The summed E-state index contributed by atoms with van der Waals surface area (Å²) in [5, 5.41) is 0. The standard InChI is InChI=1S/C21H26N4O3/c1-28-15-9-7-14(8-10-15)21(27)25-12-4-6-18(25)20-23-17(13-19(26)24-20)16-5-2-3-11-22-16/h2-3,5,11,13-15,18H,4,6-10,12H2,1H3,(H,23,24,26)/t14?,15?,18-/m0/s1. The summed E-state index contributed by atoms with van der Waals surface area (Å²) >= 11 is 0. The molecule has 2 aromatic heterocycles. The number of ether oxygens (including phenoxy) is 1. The first-order valence-electron chi connectivity index (χ1n) is 10.0. The van der Waals surface area contributed by atoms with E-state index in [0.29, 0.717) is 23.8 Å². The minimum atomic E-state index is -0.217. The van der Waals surface area contributed by atoms with Crippen LogP contribution in [-0.2, 0) is 9.53 Å². The van der Waals surface area contributed by atoms with Crippen LogP contribution in [0.2, 0.25) is 0 Å². The lowest BCUT2D eigenvalue weighted by molar-refractivity contribution is -0.138. The highest BCUT2D eigenvalue weighted by molar-refractivity contribution is 5.79. The van der Waals surface area contributed by atoms with Gasteiger partial charge in [-0.3, -0.25) is 14.6 Å². The Balaban J connectivity index is 1.56. The number of H-pyrrole nitrogens is 1. The second-order valence-electron chi connectivity index (χ2n) is 7.63. The van der Waals surface area contributed by atoms with Crippen LogP contribution in [0.15, 0.2) is 35.3 Å². The fraction of sp³-hybridized carbons (Fsp3) is 0.524. The number of carbonyl (C=O) groups is 1. The Morgan fingerprint density at radius 2 is 2.00 bits per heavy atom.